The van der Waals surface area contributed by atoms with E-state index in [-0.39, 0.29) is 11.3 Å². The highest BCUT2D eigenvalue weighted by atomic mass is 17.2. The molecule has 0 bridgehead atoms. The molecular weight excluding hydrogens is 946 g/mol. The van der Waals surface area contributed by atoms with E-state index in [1.165, 1.54) is 61.6 Å². The van der Waals surface area contributed by atoms with Crippen molar-refractivity contribution in [3.05, 3.63) is 70.8 Å². The van der Waals surface area contributed by atoms with Gasteiger partial charge in [-0.2, -0.15) is 4.89 Å². The fourth-order valence-electron chi connectivity index (χ4n) is 6.81. The van der Waals surface area contributed by atoms with Crippen LogP contribution in [0.5, 0.6) is 34.5 Å². The van der Waals surface area contributed by atoms with E-state index in [2.05, 4.69) is 9.78 Å². The van der Waals surface area contributed by atoms with Gasteiger partial charge in [-0.15, -0.1) is 0 Å². The Morgan fingerprint density at radius 1 is 0.725 bits per heavy atom. The number of hydrogen-bond donors (Lipinski definition) is 24. The molecule has 384 valence electrons. The van der Waals surface area contributed by atoms with E-state index in [0.29, 0.717) is 11.1 Å². The van der Waals surface area contributed by atoms with Crippen LogP contribution in [0.3, 0.4) is 0 Å². The van der Waals surface area contributed by atoms with Crippen LogP contribution in [0.2, 0.25) is 0 Å². The summed E-state index contributed by atoms with van der Waals surface area (Å²) in [5.41, 5.74) is -1.04. The molecule has 0 saturated carbocycles. The van der Waals surface area contributed by atoms with Crippen LogP contribution in [-0.2, 0) is 31.6 Å². The third kappa shape index (κ3) is 11.3. The van der Waals surface area contributed by atoms with Crippen LogP contribution in [0.25, 0.3) is 0 Å². The number of para-hydroxylation sites is 1. The van der Waals surface area contributed by atoms with Gasteiger partial charge in [0.1, 0.15) is 11.3 Å². The molecule has 31 nitrogen and oxygen atoms in total. The molecular formula is C38H49N3O28. The monoisotopic (exact) mass is 995 g/mol. The van der Waals surface area contributed by atoms with Crippen LogP contribution < -0.4 is 15.4 Å². The van der Waals surface area contributed by atoms with Crippen molar-refractivity contribution in [1.82, 2.24) is 15.5 Å². The number of Topliss-reactive ketones (excluding diaryl/α,β-unsaturated/α-hetero) is 1. The minimum atomic E-state index is -5.06. The molecule has 4 rings (SSSR count). The highest BCUT2D eigenvalue weighted by Crippen LogP contribution is 2.54. The lowest BCUT2D eigenvalue weighted by atomic mass is 9.83. The number of urea groups is 1. The van der Waals surface area contributed by atoms with Crippen LogP contribution in [0.15, 0.2) is 48.5 Å². The first kappa shape index (κ1) is 55.7. The Morgan fingerprint density at radius 3 is 1.71 bits per heavy atom. The third-order valence-corrected chi connectivity index (χ3v) is 10.6. The molecule has 31 heteroatoms. The second kappa shape index (κ2) is 19.5. The number of aromatic hydroxyl groups is 5. The number of carbonyl (C=O) groups is 3. The van der Waals surface area contributed by atoms with Gasteiger partial charge < -0.3 is 122 Å². The molecule has 0 radical (unpaired) electrons. The first-order chi connectivity index (χ1) is 31.3. The van der Waals surface area contributed by atoms with Gasteiger partial charge in [0, 0.05) is 6.42 Å². The standard InChI is InChI=1S/C38H49N3O28/c1-14-7-6-8-15(2)27(14)67-35(59,60)20(43)12-17(11-16-9-4-3-5-10-16)18(42)13-19(32(51,52)21-22(44)24(46)26(48)25(47)23(21)45)39-28(49)29(68-69-30(33(53,54)55)34(56,57)58)41-31(50)40-37(63,64)36(61,62)38(41,65)66/h3-10,17-19,29-30,42,44-48,51-66H,11-13H2,1-2H3,(H,39,49)(H,40,50). The smallest absolute Gasteiger partial charge is 0.386 e. The van der Waals surface area contributed by atoms with Gasteiger partial charge >= 0.3 is 41.6 Å². The number of phenolic OH excluding ortho intramolecular Hbond substituents is 5. The lowest BCUT2D eigenvalue weighted by molar-refractivity contribution is -0.536. The molecule has 3 aromatic carbocycles. The number of ether oxygens (including phenoxy) is 1. The number of aliphatic hydroxyl groups excluding tert-OH is 1. The van der Waals surface area contributed by atoms with E-state index in [1.54, 1.807) is 6.07 Å². The Morgan fingerprint density at radius 2 is 1.22 bits per heavy atom. The molecule has 3 aromatic rings. The summed E-state index contributed by atoms with van der Waals surface area (Å²) in [6.07, 6.45) is -13.3. The summed E-state index contributed by atoms with van der Waals surface area (Å²) < 4.78 is 5.23. The summed E-state index contributed by atoms with van der Waals surface area (Å²) in [4.78, 5) is 48.4. The van der Waals surface area contributed by atoms with Crippen LogP contribution >= 0.6 is 0 Å². The Bertz CT molecular complexity index is 2300. The van der Waals surface area contributed by atoms with E-state index in [4.69, 9.17) is 4.74 Å². The topological polar surface area (TPSA) is 551 Å². The predicted molar refractivity (Wildman–Crippen MR) is 211 cm³/mol. The molecule has 69 heavy (non-hydrogen) atoms. The second-order valence-corrected chi connectivity index (χ2v) is 15.8. The molecule has 1 fully saturated rings. The van der Waals surface area contributed by atoms with E-state index in [0.717, 1.165) is 5.32 Å². The number of carbonyl (C=O) groups excluding carboxylic acids is 3. The first-order valence-corrected chi connectivity index (χ1v) is 19.3. The molecule has 0 spiro atoms. The van der Waals surface area contributed by atoms with Gasteiger partial charge in [-0.3, -0.25) is 14.9 Å². The highest BCUT2D eigenvalue weighted by molar-refractivity contribution is 5.87. The fraction of sp³-hybridized carbons (Fsp3) is 0.447. The largest absolute Gasteiger partial charge is 0.504 e. The molecule has 4 atom stereocenters. The zero-order valence-electron chi connectivity index (χ0n) is 35.4. The Hall–Kier alpha value is -5.89. The zero-order valence-corrected chi connectivity index (χ0v) is 35.4. The molecule has 1 saturated heterocycles. The lowest BCUT2D eigenvalue weighted by Gasteiger charge is -2.52. The van der Waals surface area contributed by atoms with Crippen molar-refractivity contribution >= 4 is 17.7 Å². The van der Waals surface area contributed by atoms with Crippen molar-refractivity contribution in [2.24, 2.45) is 5.92 Å². The lowest BCUT2D eigenvalue weighted by Crippen LogP contribution is -2.86. The zero-order chi connectivity index (χ0) is 52.8. The number of hydrogen-bond acceptors (Lipinski definition) is 28. The van der Waals surface area contributed by atoms with E-state index < -0.39 is 148 Å². The maximum atomic E-state index is 14.3. The van der Waals surface area contributed by atoms with Gasteiger partial charge in [-0.1, -0.05) is 48.5 Å². The SMILES string of the molecule is Cc1cccc(C)c1OC(O)(O)C(=O)CC(Cc1ccccc1)C(O)CC(NC(=O)C(OOC(C(O)(O)O)C(O)(O)O)N1C(=O)NC(O)(O)C(O)(O)C1(O)O)C(O)(O)c1c(O)c(O)c(O)c(O)c1O. The van der Waals surface area contributed by atoms with Gasteiger partial charge in [-0.25, -0.2) is 14.6 Å². The van der Waals surface area contributed by atoms with Gasteiger partial charge in [0.15, 0.2) is 11.5 Å². The average Bonchev–Trinajstić information content (AvgIpc) is 3.21. The summed E-state index contributed by atoms with van der Waals surface area (Å²) in [5, 5.41) is 231. The number of benzene rings is 3. The quantitative estimate of drug-likeness (QED) is 0.0164. The number of phenols is 5. The van der Waals surface area contributed by atoms with Crippen molar-refractivity contribution in [3.63, 3.8) is 0 Å². The number of nitrogens with zero attached hydrogens (tertiary/aromatic N) is 1. The summed E-state index contributed by atoms with van der Waals surface area (Å²) in [6.45, 7) is 2.96. The van der Waals surface area contributed by atoms with Gasteiger partial charge in [-0.05, 0) is 49.3 Å². The molecule has 1 aliphatic rings. The Balaban J connectivity index is 1.92. The van der Waals surface area contributed by atoms with E-state index in [9.17, 15) is 127 Å². The fourth-order valence-corrected chi connectivity index (χ4v) is 6.81. The number of aryl methyl sites for hydroxylation is 2. The van der Waals surface area contributed by atoms with Crippen molar-refractivity contribution in [3.8, 4) is 34.5 Å². The summed E-state index contributed by atoms with van der Waals surface area (Å²) in [5.74, 6) is -47.3. The minimum Gasteiger partial charge on any atom is -0.504 e. The number of amides is 3. The van der Waals surface area contributed by atoms with E-state index in [1.807, 2.05) is 0 Å². The average molecular weight is 996 g/mol. The van der Waals surface area contributed by atoms with Crippen LogP contribution in [-0.4, -0.2) is 195 Å². The molecule has 24 N–H and O–H groups in total. The van der Waals surface area contributed by atoms with Crippen LogP contribution in [0.4, 0.5) is 4.79 Å². The summed E-state index contributed by atoms with van der Waals surface area (Å²) in [7, 11) is 0. The molecule has 3 amide bonds. The van der Waals surface area contributed by atoms with Crippen LogP contribution in [0.1, 0.15) is 35.1 Å². The van der Waals surface area contributed by atoms with Crippen molar-refractivity contribution in [2.75, 3.05) is 0 Å². The summed E-state index contributed by atoms with van der Waals surface area (Å²) >= 11 is 0. The Labute approximate surface area is 384 Å². The molecule has 1 heterocycles. The second-order valence-electron chi connectivity index (χ2n) is 15.8. The van der Waals surface area contributed by atoms with Gasteiger partial charge in [0.25, 0.3) is 18.2 Å². The number of nitrogens with one attached hydrogen (secondary N) is 2. The summed E-state index contributed by atoms with van der Waals surface area (Å²) in [6, 6.07) is 6.20. The number of rotatable bonds is 20. The molecule has 4 unspecified atom stereocenters. The van der Waals surface area contributed by atoms with Crippen molar-refractivity contribution < 1.29 is 141 Å². The normalized spacial score (nSPS) is 18.0. The molecule has 0 aliphatic carbocycles. The van der Waals surface area contributed by atoms with Crippen molar-refractivity contribution in [2.45, 2.75) is 98.9 Å². The molecule has 0 aromatic heterocycles. The van der Waals surface area contributed by atoms with Gasteiger partial charge in [0.05, 0.1) is 12.1 Å². The predicted octanol–water partition coefficient (Wildman–Crippen LogP) is -8.37. The number of ketones is 1. The molecule has 1 aliphatic heterocycles. The highest BCUT2D eigenvalue weighted by Gasteiger charge is 2.73. The maximum absolute atomic E-state index is 14.3. The number of aliphatic hydroxyl groups is 17. The Kier molecular flexibility index (Phi) is 15.7. The minimum absolute atomic E-state index is 0.179. The van der Waals surface area contributed by atoms with E-state index >= 15 is 0 Å². The first-order valence-electron chi connectivity index (χ1n) is 19.3. The van der Waals surface area contributed by atoms with Crippen molar-refractivity contribution in [1.29, 1.82) is 0 Å². The third-order valence-electron chi connectivity index (χ3n) is 10.6. The maximum Gasteiger partial charge on any atom is 0.386 e. The van der Waals surface area contributed by atoms with Gasteiger partial charge in [0.2, 0.25) is 28.8 Å². The van der Waals surface area contributed by atoms with Crippen LogP contribution in [0, 0.1) is 19.8 Å².